The number of benzene rings is 1. The lowest BCUT2D eigenvalue weighted by atomic mass is 10.0. The lowest BCUT2D eigenvalue weighted by Crippen LogP contribution is -2.12. The van der Waals surface area contributed by atoms with E-state index < -0.39 is 0 Å². The Morgan fingerprint density at radius 3 is 2.67 bits per heavy atom. The molecular formula is C13H13Br2NOS. The Morgan fingerprint density at radius 2 is 2.11 bits per heavy atom. The lowest BCUT2D eigenvalue weighted by Gasteiger charge is -2.12. The van der Waals surface area contributed by atoms with Gasteiger partial charge >= 0.3 is 0 Å². The van der Waals surface area contributed by atoms with Gasteiger partial charge in [0.1, 0.15) is 5.75 Å². The minimum atomic E-state index is -0.00208. The summed E-state index contributed by atoms with van der Waals surface area (Å²) in [7, 11) is 1.66. The zero-order valence-corrected chi connectivity index (χ0v) is 13.8. The highest BCUT2D eigenvalue weighted by Crippen LogP contribution is 2.29. The first-order valence-corrected chi connectivity index (χ1v) is 7.88. The van der Waals surface area contributed by atoms with Gasteiger partial charge in [0.15, 0.2) is 0 Å². The van der Waals surface area contributed by atoms with Crippen LogP contribution in [0.3, 0.4) is 0 Å². The van der Waals surface area contributed by atoms with Gasteiger partial charge in [-0.25, -0.2) is 0 Å². The van der Waals surface area contributed by atoms with Crippen molar-refractivity contribution in [1.29, 1.82) is 0 Å². The van der Waals surface area contributed by atoms with Crippen LogP contribution in [0, 0.1) is 0 Å². The Bertz CT molecular complexity index is 542. The molecule has 1 unspecified atom stereocenters. The molecule has 2 aromatic rings. The Hall–Kier alpha value is -0.360. The summed E-state index contributed by atoms with van der Waals surface area (Å²) in [5, 5.41) is 2.08. The predicted octanol–water partition coefficient (Wildman–Crippen LogP) is 4.52. The molecule has 0 saturated heterocycles. The summed E-state index contributed by atoms with van der Waals surface area (Å²) in [6, 6.07) is 8.08. The van der Waals surface area contributed by atoms with Crippen LogP contribution in [0.2, 0.25) is 0 Å². The van der Waals surface area contributed by atoms with Gasteiger partial charge < -0.3 is 10.5 Å². The van der Waals surface area contributed by atoms with Gasteiger partial charge in [-0.05, 0) is 55.6 Å². The number of methoxy groups -OCH3 is 1. The van der Waals surface area contributed by atoms with Gasteiger partial charge in [-0.3, -0.25) is 0 Å². The second-order valence-electron chi connectivity index (χ2n) is 3.94. The molecule has 0 saturated carbocycles. The van der Waals surface area contributed by atoms with E-state index in [4.69, 9.17) is 10.5 Å². The van der Waals surface area contributed by atoms with E-state index in [9.17, 15) is 0 Å². The summed E-state index contributed by atoms with van der Waals surface area (Å²) < 4.78 is 7.26. The van der Waals surface area contributed by atoms with Crippen LogP contribution in [0.5, 0.6) is 5.75 Å². The Kier molecular flexibility index (Phi) is 4.84. The monoisotopic (exact) mass is 389 g/mol. The van der Waals surface area contributed by atoms with E-state index in [1.807, 2.05) is 18.2 Å². The largest absolute Gasteiger partial charge is 0.496 e. The van der Waals surface area contributed by atoms with Crippen molar-refractivity contribution in [1.82, 2.24) is 0 Å². The molecule has 1 heterocycles. The van der Waals surface area contributed by atoms with Crippen molar-refractivity contribution in [3.63, 3.8) is 0 Å². The number of hydrogen-bond donors (Lipinski definition) is 1. The minimum absolute atomic E-state index is 0.00208. The van der Waals surface area contributed by atoms with Crippen molar-refractivity contribution in [2.75, 3.05) is 7.11 Å². The molecule has 0 aliphatic heterocycles. The molecule has 96 valence electrons. The topological polar surface area (TPSA) is 35.2 Å². The number of ether oxygens (including phenoxy) is 1. The van der Waals surface area contributed by atoms with Crippen LogP contribution in [0.1, 0.15) is 16.5 Å². The number of rotatable bonds is 4. The van der Waals surface area contributed by atoms with E-state index in [1.165, 1.54) is 4.88 Å². The molecule has 1 aromatic carbocycles. The molecule has 0 spiro atoms. The van der Waals surface area contributed by atoms with Crippen LogP contribution in [0.4, 0.5) is 0 Å². The molecule has 2 rings (SSSR count). The summed E-state index contributed by atoms with van der Waals surface area (Å²) >= 11 is 8.66. The third kappa shape index (κ3) is 3.35. The SMILES string of the molecule is COc1ccc(C(N)Cc2cc(Br)cs2)cc1Br. The molecule has 18 heavy (non-hydrogen) atoms. The maximum Gasteiger partial charge on any atom is 0.133 e. The van der Waals surface area contributed by atoms with Crippen LogP contribution in [-0.2, 0) is 6.42 Å². The van der Waals surface area contributed by atoms with E-state index in [1.54, 1.807) is 18.4 Å². The van der Waals surface area contributed by atoms with Crippen molar-refractivity contribution in [3.05, 3.63) is 49.0 Å². The third-order valence-corrected chi connectivity index (χ3v) is 4.99. The van der Waals surface area contributed by atoms with Crippen molar-refractivity contribution < 1.29 is 4.74 Å². The van der Waals surface area contributed by atoms with Crippen molar-refractivity contribution in [3.8, 4) is 5.75 Å². The Labute approximate surface area is 127 Å². The van der Waals surface area contributed by atoms with E-state index in [0.29, 0.717) is 0 Å². The summed E-state index contributed by atoms with van der Waals surface area (Å²) in [6.07, 6.45) is 0.842. The number of halogens is 2. The molecule has 0 radical (unpaired) electrons. The average Bonchev–Trinajstić information content (AvgIpc) is 2.74. The quantitative estimate of drug-likeness (QED) is 0.832. The van der Waals surface area contributed by atoms with E-state index in [-0.39, 0.29) is 6.04 Å². The molecule has 5 heteroatoms. The Morgan fingerprint density at radius 1 is 1.33 bits per heavy atom. The van der Waals surface area contributed by atoms with Crippen LogP contribution in [-0.4, -0.2) is 7.11 Å². The number of thiophene rings is 1. The number of nitrogens with two attached hydrogens (primary N) is 1. The molecule has 2 N–H and O–H groups in total. The first-order valence-electron chi connectivity index (χ1n) is 5.42. The zero-order valence-electron chi connectivity index (χ0n) is 9.82. The maximum absolute atomic E-state index is 6.23. The molecule has 0 fully saturated rings. The summed E-state index contributed by atoms with van der Waals surface area (Å²) in [5.41, 5.74) is 7.33. The van der Waals surface area contributed by atoms with Crippen LogP contribution in [0.25, 0.3) is 0 Å². The van der Waals surface area contributed by atoms with E-state index in [0.717, 1.165) is 26.7 Å². The highest BCUT2D eigenvalue weighted by molar-refractivity contribution is 9.10. The van der Waals surface area contributed by atoms with Gasteiger partial charge in [-0.2, -0.15) is 0 Å². The number of hydrogen-bond acceptors (Lipinski definition) is 3. The van der Waals surface area contributed by atoms with Gasteiger partial charge in [-0.15, -0.1) is 11.3 Å². The highest BCUT2D eigenvalue weighted by Gasteiger charge is 2.11. The second-order valence-corrected chi connectivity index (χ2v) is 6.70. The second kappa shape index (κ2) is 6.19. The van der Waals surface area contributed by atoms with Crippen molar-refractivity contribution >= 4 is 43.2 Å². The fraction of sp³-hybridized carbons (Fsp3) is 0.231. The molecular weight excluding hydrogens is 378 g/mol. The summed E-state index contributed by atoms with van der Waals surface area (Å²) in [5.74, 6) is 0.824. The van der Waals surface area contributed by atoms with Crippen LogP contribution < -0.4 is 10.5 Å². The van der Waals surface area contributed by atoms with Gasteiger partial charge in [0.2, 0.25) is 0 Å². The predicted molar refractivity (Wildman–Crippen MR) is 83.3 cm³/mol. The lowest BCUT2D eigenvalue weighted by molar-refractivity contribution is 0.412. The fourth-order valence-corrected chi connectivity index (χ4v) is 3.78. The highest BCUT2D eigenvalue weighted by atomic mass is 79.9. The van der Waals surface area contributed by atoms with Gasteiger partial charge in [0.05, 0.1) is 11.6 Å². The molecule has 2 nitrogen and oxygen atoms in total. The molecule has 0 aliphatic carbocycles. The fourth-order valence-electron chi connectivity index (χ4n) is 1.71. The zero-order chi connectivity index (χ0) is 13.1. The molecule has 1 aromatic heterocycles. The van der Waals surface area contributed by atoms with Gasteiger partial charge in [-0.1, -0.05) is 6.07 Å². The Balaban J connectivity index is 2.13. The molecule has 0 bridgehead atoms. The maximum atomic E-state index is 6.23. The average molecular weight is 391 g/mol. The van der Waals surface area contributed by atoms with Crippen LogP contribution >= 0.6 is 43.2 Å². The first-order chi connectivity index (χ1) is 8.60. The third-order valence-electron chi connectivity index (χ3n) is 2.65. The van der Waals surface area contributed by atoms with Gasteiger partial charge in [0.25, 0.3) is 0 Å². The summed E-state index contributed by atoms with van der Waals surface area (Å²) in [6.45, 7) is 0. The smallest absolute Gasteiger partial charge is 0.133 e. The van der Waals surface area contributed by atoms with E-state index in [2.05, 4.69) is 43.3 Å². The normalized spacial score (nSPS) is 12.4. The van der Waals surface area contributed by atoms with Gasteiger partial charge in [0, 0.05) is 27.2 Å². The van der Waals surface area contributed by atoms with Crippen molar-refractivity contribution in [2.45, 2.75) is 12.5 Å². The molecule has 1 atom stereocenters. The summed E-state index contributed by atoms with van der Waals surface area (Å²) in [4.78, 5) is 1.28. The standard InChI is InChI=1S/C13H13Br2NOS/c1-17-13-3-2-8(4-11(13)15)12(16)6-10-5-9(14)7-18-10/h2-5,7,12H,6,16H2,1H3. The first kappa shape index (κ1) is 14.1. The van der Waals surface area contributed by atoms with Crippen molar-refractivity contribution in [2.24, 2.45) is 5.73 Å². The van der Waals surface area contributed by atoms with Crippen LogP contribution in [0.15, 0.2) is 38.6 Å². The van der Waals surface area contributed by atoms with E-state index >= 15 is 0 Å². The molecule has 0 aliphatic rings. The minimum Gasteiger partial charge on any atom is -0.496 e. The molecule has 0 amide bonds.